The number of aromatic amines is 1. The number of aromatic nitrogens is 6. The van der Waals surface area contributed by atoms with Gasteiger partial charge in [0.15, 0.2) is 5.78 Å². The number of ketones is 1. The minimum absolute atomic E-state index is 0.0905. The zero-order valence-corrected chi connectivity index (χ0v) is 41.9. The van der Waals surface area contributed by atoms with E-state index in [0.717, 1.165) is 6.04 Å². The molecule has 4 N–H and O–H groups in total. The van der Waals surface area contributed by atoms with Crippen molar-refractivity contribution >= 4 is 24.8 Å². The Hall–Kier alpha value is -5.10. The van der Waals surface area contributed by atoms with Gasteiger partial charge in [-0.1, -0.05) is 54.2 Å². The van der Waals surface area contributed by atoms with E-state index < -0.39 is 41.7 Å². The van der Waals surface area contributed by atoms with Crippen LogP contribution in [0.15, 0.2) is 94.6 Å². The van der Waals surface area contributed by atoms with Gasteiger partial charge in [-0.25, -0.2) is 27.7 Å². The number of halogens is 2. The van der Waals surface area contributed by atoms with Crippen LogP contribution in [-0.2, 0) is 47.2 Å². The molecule has 0 radical (unpaired) electrons. The lowest BCUT2D eigenvalue weighted by atomic mass is 10.1. The van der Waals surface area contributed by atoms with Crippen molar-refractivity contribution < 1.29 is 50.5 Å². The van der Waals surface area contributed by atoms with E-state index in [1.165, 1.54) is 30.7 Å². The van der Waals surface area contributed by atoms with E-state index >= 15 is 0 Å². The van der Waals surface area contributed by atoms with Crippen LogP contribution < -0.4 is 10.5 Å². The normalized spacial score (nSPS) is 15.1. The zero-order chi connectivity index (χ0) is 49.4. The smallest absolute Gasteiger partial charge is 0.215 e. The first-order chi connectivity index (χ1) is 33.0. The van der Waals surface area contributed by atoms with E-state index in [0.29, 0.717) is 104 Å². The Morgan fingerprint density at radius 3 is 2.20 bits per heavy atom. The number of Topliss-reactive ketones (excluding diaryl/α,β-unsaturated/α-hetero) is 1. The lowest BCUT2D eigenvalue weighted by Crippen LogP contribution is -2.38. The Morgan fingerprint density at radius 2 is 1.55 bits per heavy atom. The van der Waals surface area contributed by atoms with Gasteiger partial charge >= 0.3 is 0 Å². The third-order valence-corrected chi connectivity index (χ3v) is 14.2. The van der Waals surface area contributed by atoms with Gasteiger partial charge in [0, 0.05) is 64.0 Å². The van der Waals surface area contributed by atoms with Crippen molar-refractivity contribution in [3.05, 3.63) is 120 Å². The predicted molar refractivity (Wildman–Crippen MR) is 257 cm³/mol. The summed E-state index contributed by atoms with van der Waals surface area (Å²) in [5, 5.41) is 7.61. The number of nitrogens with two attached hydrogens (primary N) is 1. The van der Waals surface area contributed by atoms with Crippen molar-refractivity contribution in [3.63, 3.8) is 0 Å². The maximum absolute atomic E-state index is 14.9. The highest BCUT2D eigenvalue weighted by molar-refractivity contribution is 7.84. The van der Waals surface area contributed by atoms with E-state index in [2.05, 4.69) is 49.2 Å². The molecule has 69 heavy (non-hydrogen) atoms. The summed E-state index contributed by atoms with van der Waals surface area (Å²) in [4.78, 5) is 23.6. The molecule has 374 valence electrons. The zero-order valence-electron chi connectivity index (χ0n) is 40.1. The van der Waals surface area contributed by atoms with Gasteiger partial charge in [0.1, 0.15) is 60.0 Å². The minimum atomic E-state index is -1.42. The van der Waals surface area contributed by atoms with Crippen molar-refractivity contribution in [2.45, 2.75) is 101 Å². The SMILES string of the molecule is CC(C)(C)[S@@](=O)N[C@@H](COCCCC1(c2ccon2)OCCO1)c1ncc(-c2ccccc2F)n1COCC[Si](C)(C)C.N[C@@H](COCCCC(=O)c1ccon1)c1ncc(-c2ccccc2F)[nH]1. The van der Waals surface area contributed by atoms with Crippen LogP contribution in [-0.4, -0.2) is 98.9 Å². The molecular formula is C48H64F2N8O9SSi. The molecule has 2 aromatic carbocycles. The summed E-state index contributed by atoms with van der Waals surface area (Å²) in [7, 11) is -2.73. The largest absolute Gasteiger partial charge is 0.379 e. The van der Waals surface area contributed by atoms with Crippen LogP contribution in [0.1, 0.15) is 86.4 Å². The Morgan fingerprint density at radius 1 is 0.884 bits per heavy atom. The number of imidazole rings is 2. The molecule has 1 fully saturated rings. The van der Waals surface area contributed by atoms with Gasteiger partial charge in [0.25, 0.3) is 0 Å². The van der Waals surface area contributed by atoms with Crippen molar-refractivity contribution in [3.8, 4) is 22.5 Å². The average molecular weight is 995 g/mol. The fourth-order valence-corrected chi connectivity index (χ4v) is 8.57. The van der Waals surface area contributed by atoms with Crippen LogP contribution in [0.2, 0.25) is 25.7 Å². The van der Waals surface area contributed by atoms with Gasteiger partial charge in [-0.2, -0.15) is 0 Å². The summed E-state index contributed by atoms with van der Waals surface area (Å²) in [5.41, 5.74) is 8.96. The first-order valence-electron chi connectivity index (χ1n) is 22.9. The van der Waals surface area contributed by atoms with E-state index in [1.807, 2.05) is 25.3 Å². The van der Waals surface area contributed by atoms with E-state index in [9.17, 15) is 17.8 Å². The summed E-state index contributed by atoms with van der Waals surface area (Å²) in [6.07, 6.45) is 8.07. The van der Waals surface area contributed by atoms with Crippen LogP contribution >= 0.6 is 0 Å². The Kier molecular flexibility index (Phi) is 19.4. The molecule has 7 rings (SSSR count). The van der Waals surface area contributed by atoms with Crippen molar-refractivity contribution in [1.29, 1.82) is 0 Å². The number of ether oxygens (including phenoxy) is 5. The molecule has 6 aromatic rings. The molecule has 1 saturated heterocycles. The van der Waals surface area contributed by atoms with Gasteiger partial charge in [-0.05, 0) is 63.9 Å². The average Bonchev–Trinajstić information content (AvgIpc) is 4.18. The number of nitrogens with zero attached hydrogens (tertiary/aromatic N) is 5. The Labute approximate surface area is 404 Å². The second kappa shape index (κ2) is 25.1. The molecule has 3 atom stereocenters. The molecule has 17 nitrogen and oxygen atoms in total. The third kappa shape index (κ3) is 15.4. The second-order valence-corrected chi connectivity index (χ2v) is 26.2. The first-order valence-corrected chi connectivity index (χ1v) is 27.8. The van der Waals surface area contributed by atoms with Crippen LogP contribution in [0.4, 0.5) is 8.78 Å². The highest BCUT2D eigenvalue weighted by atomic mass is 32.2. The molecule has 0 saturated carbocycles. The van der Waals surface area contributed by atoms with Gasteiger partial charge in [-0.15, -0.1) is 0 Å². The highest BCUT2D eigenvalue weighted by Crippen LogP contribution is 2.35. The molecule has 4 aromatic heterocycles. The molecule has 0 spiro atoms. The molecule has 1 aliphatic rings. The van der Waals surface area contributed by atoms with Crippen LogP contribution in [0.3, 0.4) is 0 Å². The molecule has 5 heterocycles. The number of nitrogens with one attached hydrogen (secondary N) is 2. The number of carbonyl (C=O) groups excluding carboxylic acids is 1. The minimum Gasteiger partial charge on any atom is -0.379 e. The number of hydrogen-bond donors (Lipinski definition) is 3. The second-order valence-electron chi connectivity index (χ2n) is 18.6. The van der Waals surface area contributed by atoms with Crippen LogP contribution in [0.25, 0.3) is 22.5 Å². The van der Waals surface area contributed by atoms with Gasteiger partial charge in [0.2, 0.25) is 5.79 Å². The van der Waals surface area contributed by atoms with Crippen LogP contribution in [0.5, 0.6) is 0 Å². The Balaban J connectivity index is 0.000000256. The van der Waals surface area contributed by atoms with Crippen molar-refractivity contribution in [2.75, 3.05) is 46.2 Å². The Bertz CT molecular complexity index is 2500. The summed E-state index contributed by atoms with van der Waals surface area (Å²) >= 11 is 0. The molecule has 1 aliphatic heterocycles. The standard InChI is InChI=1S/C30H45FN4O6SSi.C18H19FN4O3/c1-29(2,3)42(36)34-25(21-37-14-9-13-30(39-16-17-40-30)27-12-15-41-33-27)28-32-20-26(23-10-7-8-11-24(23)31)35(28)22-38-18-19-43(4,5)6;19-13-5-2-1-4-12(13)16-10-21-18(22-16)14(20)11-25-8-3-6-17(24)15-7-9-26-23-15/h7-8,10-12,15,20,25,34H,9,13-14,16-19,21-22H2,1-6H3;1-2,4-5,7,9-10,14H,3,6,8,11,20H2,(H,21,22)/t25-,42+;14-/m00/s1. The van der Waals surface area contributed by atoms with Crippen LogP contribution in [0, 0.1) is 11.6 Å². The lowest BCUT2D eigenvalue weighted by molar-refractivity contribution is -0.177. The number of benzene rings is 2. The molecule has 0 aliphatic carbocycles. The highest BCUT2D eigenvalue weighted by Gasteiger charge is 2.40. The fourth-order valence-electron chi connectivity index (χ4n) is 7.03. The van der Waals surface area contributed by atoms with Gasteiger partial charge < -0.3 is 48.0 Å². The van der Waals surface area contributed by atoms with Gasteiger partial charge in [-0.3, -0.25) is 4.79 Å². The summed E-state index contributed by atoms with van der Waals surface area (Å²) in [6.45, 7) is 15.5. The van der Waals surface area contributed by atoms with E-state index in [1.54, 1.807) is 54.9 Å². The number of rotatable bonds is 25. The summed E-state index contributed by atoms with van der Waals surface area (Å²) < 4.78 is 85.7. The monoisotopic (exact) mass is 994 g/mol. The molecule has 0 unspecified atom stereocenters. The summed E-state index contributed by atoms with van der Waals surface area (Å²) in [6, 6.07) is 16.3. The number of H-pyrrole nitrogens is 1. The quantitative estimate of drug-likeness (QED) is 0.0278. The first kappa shape index (κ1) is 53.3. The predicted octanol–water partition coefficient (Wildman–Crippen LogP) is 8.66. The molecule has 21 heteroatoms. The molecule has 0 amide bonds. The number of carbonyl (C=O) groups is 1. The van der Waals surface area contributed by atoms with Crippen molar-refractivity contribution in [1.82, 2.24) is 34.6 Å². The molecule has 0 bridgehead atoms. The lowest BCUT2D eigenvalue weighted by Gasteiger charge is -2.26. The third-order valence-electron chi connectivity index (χ3n) is 10.9. The number of hydrogen-bond acceptors (Lipinski definition) is 14. The maximum Gasteiger partial charge on any atom is 0.215 e. The van der Waals surface area contributed by atoms with E-state index in [4.69, 9.17) is 38.9 Å². The van der Waals surface area contributed by atoms with E-state index in [-0.39, 0.29) is 37.4 Å². The summed E-state index contributed by atoms with van der Waals surface area (Å²) in [5.74, 6) is -0.641. The topological polar surface area (TPSA) is 217 Å². The fraction of sp³-hybridized carbons (Fsp3) is 0.479. The van der Waals surface area contributed by atoms with Crippen molar-refractivity contribution in [2.24, 2.45) is 5.73 Å². The molecular weight excluding hydrogens is 931 g/mol. The maximum atomic E-state index is 14.9. The van der Waals surface area contributed by atoms with Gasteiger partial charge in [0.05, 0.1) is 72.0 Å².